The summed E-state index contributed by atoms with van der Waals surface area (Å²) in [5.74, 6) is -0.0738. The second-order valence-corrected chi connectivity index (χ2v) is 5.90. The zero-order chi connectivity index (χ0) is 17.1. The second kappa shape index (κ2) is 6.81. The molecule has 0 bridgehead atoms. The number of carbonyl (C=O) groups is 1. The molecule has 124 valence electrons. The van der Waals surface area contributed by atoms with E-state index in [1.165, 1.54) is 6.07 Å². The molecule has 0 fully saturated rings. The smallest absolute Gasteiger partial charge is 0.250 e. The van der Waals surface area contributed by atoms with Crippen molar-refractivity contribution in [3.05, 3.63) is 51.2 Å². The Morgan fingerprint density at radius 1 is 1.30 bits per heavy atom. The van der Waals surface area contributed by atoms with Gasteiger partial charge in [-0.25, -0.2) is 0 Å². The van der Waals surface area contributed by atoms with Crippen LogP contribution >= 0.6 is 0 Å². The van der Waals surface area contributed by atoms with E-state index in [9.17, 15) is 9.59 Å². The summed E-state index contributed by atoms with van der Waals surface area (Å²) >= 11 is 0. The minimum atomic E-state index is -0.107. The summed E-state index contributed by atoms with van der Waals surface area (Å²) in [7, 11) is 1.89. The molecular weight excluding hydrogens is 292 g/mol. The van der Waals surface area contributed by atoms with Gasteiger partial charge in [0.05, 0.1) is 11.7 Å². The molecule has 2 aromatic rings. The summed E-state index contributed by atoms with van der Waals surface area (Å²) < 4.78 is 3.44. The maximum Gasteiger partial charge on any atom is 0.250 e. The van der Waals surface area contributed by atoms with Gasteiger partial charge in [0, 0.05) is 43.0 Å². The van der Waals surface area contributed by atoms with Crippen molar-refractivity contribution in [2.24, 2.45) is 7.05 Å². The highest BCUT2D eigenvalue weighted by molar-refractivity contribution is 5.76. The Morgan fingerprint density at radius 2 is 2.00 bits per heavy atom. The van der Waals surface area contributed by atoms with Gasteiger partial charge in [0.15, 0.2) is 0 Å². The number of carbonyl (C=O) groups excluding carboxylic acids is 1. The summed E-state index contributed by atoms with van der Waals surface area (Å²) in [6.45, 7) is 8.14. The molecule has 6 heteroatoms. The van der Waals surface area contributed by atoms with Crippen molar-refractivity contribution in [3.63, 3.8) is 0 Å². The zero-order valence-electron chi connectivity index (χ0n) is 14.4. The summed E-state index contributed by atoms with van der Waals surface area (Å²) in [5, 5.41) is 7.37. The largest absolute Gasteiger partial charge is 0.349 e. The lowest BCUT2D eigenvalue weighted by molar-refractivity contribution is -0.121. The number of aromatic nitrogens is 3. The van der Waals surface area contributed by atoms with Crippen LogP contribution in [0, 0.1) is 20.8 Å². The number of aryl methyl sites for hydroxylation is 3. The first-order chi connectivity index (χ1) is 10.8. The standard InChI is InChI=1S/C17H24N4O2/c1-11-7-6-8-16(23)21(11)10-9-15(22)18-12(2)17-13(3)19-20(5)14(17)4/h6-8,12H,9-10H2,1-5H3,(H,18,22). The van der Waals surface area contributed by atoms with Gasteiger partial charge < -0.3 is 9.88 Å². The topological polar surface area (TPSA) is 68.9 Å². The Labute approximate surface area is 136 Å². The number of pyridine rings is 1. The Bertz CT molecular complexity index is 773. The van der Waals surface area contributed by atoms with E-state index in [1.807, 2.05) is 45.5 Å². The van der Waals surface area contributed by atoms with Crippen LogP contribution < -0.4 is 10.9 Å². The highest BCUT2D eigenvalue weighted by Crippen LogP contribution is 2.20. The summed E-state index contributed by atoms with van der Waals surface area (Å²) in [5.41, 5.74) is 3.80. The number of hydrogen-bond donors (Lipinski definition) is 1. The molecular formula is C17H24N4O2. The maximum absolute atomic E-state index is 12.2. The molecule has 0 saturated carbocycles. The van der Waals surface area contributed by atoms with Gasteiger partial charge >= 0.3 is 0 Å². The zero-order valence-corrected chi connectivity index (χ0v) is 14.4. The van der Waals surface area contributed by atoms with E-state index in [-0.39, 0.29) is 23.9 Å². The first kappa shape index (κ1) is 17.0. The van der Waals surface area contributed by atoms with Gasteiger partial charge in [0.2, 0.25) is 5.91 Å². The Hall–Kier alpha value is -2.37. The maximum atomic E-state index is 12.2. The number of amides is 1. The van der Waals surface area contributed by atoms with Gasteiger partial charge in [-0.3, -0.25) is 14.3 Å². The summed E-state index contributed by atoms with van der Waals surface area (Å²) in [4.78, 5) is 24.0. The van der Waals surface area contributed by atoms with Crippen LogP contribution in [0.15, 0.2) is 23.0 Å². The fourth-order valence-electron chi connectivity index (χ4n) is 2.93. The normalized spacial score (nSPS) is 12.2. The van der Waals surface area contributed by atoms with Gasteiger partial charge in [-0.15, -0.1) is 0 Å². The van der Waals surface area contributed by atoms with Crippen molar-refractivity contribution >= 4 is 5.91 Å². The highest BCUT2D eigenvalue weighted by Gasteiger charge is 2.18. The first-order valence-electron chi connectivity index (χ1n) is 7.77. The molecule has 0 spiro atoms. The van der Waals surface area contributed by atoms with E-state index in [4.69, 9.17) is 0 Å². The van der Waals surface area contributed by atoms with Gasteiger partial charge in [-0.05, 0) is 33.8 Å². The van der Waals surface area contributed by atoms with Crippen molar-refractivity contribution < 1.29 is 4.79 Å². The van der Waals surface area contributed by atoms with Crippen molar-refractivity contribution in [2.75, 3.05) is 0 Å². The molecule has 23 heavy (non-hydrogen) atoms. The van der Waals surface area contributed by atoms with E-state index in [1.54, 1.807) is 10.6 Å². The third-order valence-corrected chi connectivity index (χ3v) is 4.21. The fraction of sp³-hybridized carbons (Fsp3) is 0.471. The van der Waals surface area contributed by atoms with Crippen LogP contribution in [0.4, 0.5) is 0 Å². The van der Waals surface area contributed by atoms with E-state index in [0.717, 1.165) is 22.6 Å². The summed E-state index contributed by atoms with van der Waals surface area (Å²) in [6.07, 6.45) is 0.271. The molecule has 0 radical (unpaired) electrons. The van der Waals surface area contributed by atoms with Crippen molar-refractivity contribution in [3.8, 4) is 0 Å². The van der Waals surface area contributed by atoms with Crippen molar-refractivity contribution in [1.82, 2.24) is 19.7 Å². The van der Waals surface area contributed by atoms with E-state index < -0.39 is 0 Å². The Morgan fingerprint density at radius 3 is 2.57 bits per heavy atom. The van der Waals surface area contributed by atoms with Crippen LogP contribution in [-0.2, 0) is 18.4 Å². The monoisotopic (exact) mass is 316 g/mol. The van der Waals surface area contributed by atoms with E-state index in [2.05, 4.69) is 10.4 Å². The molecule has 2 rings (SSSR count). The predicted octanol–water partition coefficient (Wildman–Crippen LogP) is 1.77. The molecule has 2 heterocycles. The number of rotatable bonds is 5. The van der Waals surface area contributed by atoms with Gasteiger partial charge in [-0.1, -0.05) is 6.07 Å². The molecule has 6 nitrogen and oxygen atoms in total. The number of hydrogen-bond acceptors (Lipinski definition) is 3. The average Bonchev–Trinajstić information content (AvgIpc) is 2.71. The summed E-state index contributed by atoms with van der Waals surface area (Å²) in [6, 6.07) is 4.99. The van der Waals surface area contributed by atoms with Crippen LogP contribution in [-0.4, -0.2) is 20.3 Å². The van der Waals surface area contributed by atoms with Crippen molar-refractivity contribution in [1.29, 1.82) is 0 Å². The second-order valence-electron chi connectivity index (χ2n) is 5.90. The average molecular weight is 316 g/mol. The molecule has 2 aromatic heterocycles. The van der Waals surface area contributed by atoms with Gasteiger partial charge in [0.25, 0.3) is 5.56 Å². The Balaban J connectivity index is 2.01. The molecule has 1 amide bonds. The van der Waals surface area contributed by atoms with Crippen LogP contribution in [0.25, 0.3) is 0 Å². The molecule has 0 aromatic carbocycles. The minimum absolute atomic E-state index is 0.0738. The predicted molar refractivity (Wildman–Crippen MR) is 89.3 cm³/mol. The molecule has 0 aliphatic heterocycles. The Kier molecular flexibility index (Phi) is 5.03. The van der Waals surface area contributed by atoms with Crippen LogP contribution in [0.1, 0.15) is 42.0 Å². The van der Waals surface area contributed by atoms with Crippen LogP contribution in [0.2, 0.25) is 0 Å². The third kappa shape index (κ3) is 3.70. The van der Waals surface area contributed by atoms with Crippen LogP contribution in [0.3, 0.4) is 0 Å². The van der Waals surface area contributed by atoms with Crippen LogP contribution in [0.5, 0.6) is 0 Å². The molecule has 0 aliphatic rings. The lowest BCUT2D eigenvalue weighted by Gasteiger charge is -2.15. The lowest BCUT2D eigenvalue weighted by atomic mass is 10.1. The first-order valence-corrected chi connectivity index (χ1v) is 7.77. The molecule has 0 aliphatic carbocycles. The molecule has 1 N–H and O–H groups in total. The van der Waals surface area contributed by atoms with Gasteiger partial charge in [-0.2, -0.15) is 5.10 Å². The SMILES string of the molecule is Cc1nn(C)c(C)c1C(C)NC(=O)CCn1c(C)cccc1=O. The van der Waals surface area contributed by atoms with E-state index in [0.29, 0.717) is 6.54 Å². The number of nitrogens with zero attached hydrogens (tertiary/aromatic N) is 3. The van der Waals surface area contributed by atoms with Crippen molar-refractivity contribution in [2.45, 2.75) is 46.7 Å². The highest BCUT2D eigenvalue weighted by atomic mass is 16.2. The quantitative estimate of drug-likeness (QED) is 0.914. The molecule has 1 atom stereocenters. The van der Waals surface area contributed by atoms with E-state index >= 15 is 0 Å². The van der Waals surface area contributed by atoms with Gasteiger partial charge in [0.1, 0.15) is 0 Å². The number of nitrogens with one attached hydrogen (secondary N) is 1. The molecule has 1 unspecified atom stereocenters. The fourth-order valence-corrected chi connectivity index (χ4v) is 2.93. The molecule has 0 saturated heterocycles. The minimum Gasteiger partial charge on any atom is -0.349 e. The third-order valence-electron chi connectivity index (χ3n) is 4.21. The lowest BCUT2D eigenvalue weighted by Crippen LogP contribution is -2.30.